The summed E-state index contributed by atoms with van der Waals surface area (Å²) < 4.78 is 32.0. The Bertz CT molecular complexity index is 1070. The highest BCUT2D eigenvalue weighted by atomic mass is 19.3. The molecule has 2 aliphatic rings. The van der Waals surface area contributed by atoms with E-state index in [4.69, 9.17) is 9.84 Å². The van der Waals surface area contributed by atoms with Crippen LogP contribution in [0.5, 0.6) is 5.75 Å². The SMILES string of the molecule is CC1=NN(C)C(Oc2cccc(C(F)F)c2)C1C(=O)NC1(c2ccc(C(=O)O)cc2)CC1. The Hall–Kier alpha value is -3.49. The van der Waals surface area contributed by atoms with Crippen molar-refractivity contribution in [1.29, 1.82) is 0 Å². The van der Waals surface area contributed by atoms with Gasteiger partial charge in [0, 0.05) is 12.6 Å². The van der Waals surface area contributed by atoms with Crippen LogP contribution in [-0.4, -0.2) is 41.0 Å². The number of carboxylic acids is 1. The number of hydrogen-bond acceptors (Lipinski definition) is 5. The summed E-state index contributed by atoms with van der Waals surface area (Å²) in [5.74, 6) is -1.80. The molecule has 0 spiro atoms. The number of nitrogens with zero attached hydrogens (tertiary/aromatic N) is 2. The van der Waals surface area contributed by atoms with E-state index < -0.39 is 30.1 Å². The Labute approximate surface area is 183 Å². The number of hydrogen-bond donors (Lipinski definition) is 2. The number of aromatic carboxylic acids is 1. The molecule has 2 aromatic rings. The van der Waals surface area contributed by atoms with Gasteiger partial charge >= 0.3 is 5.97 Å². The van der Waals surface area contributed by atoms with Gasteiger partial charge in [0.05, 0.1) is 16.8 Å². The van der Waals surface area contributed by atoms with E-state index in [1.165, 1.54) is 35.3 Å². The fourth-order valence-corrected chi connectivity index (χ4v) is 3.97. The zero-order chi connectivity index (χ0) is 23.0. The first-order chi connectivity index (χ1) is 15.2. The van der Waals surface area contributed by atoms with E-state index in [0.717, 1.165) is 18.4 Å². The second-order valence-electron chi connectivity index (χ2n) is 8.13. The van der Waals surface area contributed by atoms with E-state index in [1.807, 2.05) is 0 Å². The van der Waals surface area contributed by atoms with Crippen LogP contribution in [0.15, 0.2) is 53.6 Å². The van der Waals surface area contributed by atoms with Gasteiger partial charge in [-0.05, 0) is 49.6 Å². The number of amides is 1. The van der Waals surface area contributed by atoms with Crippen molar-refractivity contribution >= 4 is 17.6 Å². The molecule has 1 saturated carbocycles. The number of alkyl halides is 2. The molecule has 2 N–H and O–H groups in total. The minimum absolute atomic E-state index is 0.163. The third-order valence-electron chi connectivity index (χ3n) is 5.87. The molecule has 0 radical (unpaired) electrons. The lowest BCUT2D eigenvalue weighted by molar-refractivity contribution is -0.128. The maximum Gasteiger partial charge on any atom is 0.335 e. The number of halogens is 2. The lowest BCUT2D eigenvalue weighted by atomic mass is 9.98. The first-order valence-electron chi connectivity index (χ1n) is 10.2. The van der Waals surface area contributed by atoms with Crippen LogP contribution in [-0.2, 0) is 10.3 Å². The lowest BCUT2D eigenvalue weighted by Crippen LogP contribution is -2.48. The number of nitrogens with one attached hydrogen (secondary N) is 1. The predicted molar refractivity (Wildman–Crippen MR) is 113 cm³/mol. The van der Waals surface area contributed by atoms with Crippen molar-refractivity contribution in [2.45, 2.75) is 38.0 Å². The topological polar surface area (TPSA) is 91.2 Å². The number of benzene rings is 2. The number of hydrazone groups is 1. The summed E-state index contributed by atoms with van der Waals surface area (Å²) in [4.78, 5) is 24.4. The zero-order valence-electron chi connectivity index (χ0n) is 17.6. The number of carbonyl (C=O) groups excluding carboxylic acids is 1. The minimum Gasteiger partial charge on any atom is -0.478 e. The van der Waals surface area contributed by atoms with E-state index in [2.05, 4.69) is 10.4 Å². The predicted octanol–water partition coefficient (Wildman–Crippen LogP) is 3.77. The molecular formula is C23H23F2N3O4. The Balaban J connectivity index is 1.52. The van der Waals surface area contributed by atoms with E-state index >= 15 is 0 Å². The summed E-state index contributed by atoms with van der Waals surface area (Å²) in [7, 11) is 1.66. The number of carboxylic acid groups (broad SMARTS) is 1. The van der Waals surface area contributed by atoms with Gasteiger partial charge < -0.3 is 15.2 Å². The van der Waals surface area contributed by atoms with Crippen LogP contribution < -0.4 is 10.1 Å². The maximum absolute atomic E-state index is 13.3. The van der Waals surface area contributed by atoms with Crippen molar-refractivity contribution in [2.75, 3.05) is 7.05 Å². The Kier molecular flexibility index (Phi) is 5.58. The largest absolute Gasteiger partial charge is 0.478 e. The second-order valence-corrected chi connectivity index (χ2v) is 8.13. The molecule has 0 aromatic heterocycles. The summed E-state index contributed by atoms with van der Waals surface area (Å²) in [6, 6.07) is 12.1. The fourth-order valence-electron chi connectivity index (χ4n) is 3.97. The Morgan fingerprint density at radius 2 is 1.91 bits per heavy atom. The van der Waals surface area contributed by atoms with E-state index in [1.54, 1.807) is 32.2 Å². The Morgan fingerprint density at radius 3 is 2.50 bits per heavy atom. The highest BCUT2D eigenvalue weighted by Gasteiger charge is 2.49. The van der Waals surface area contributed by atoms with Gasteiger partial charge in [-0.2, -0.15) is 5.10 Å². The third-order valence-corrected chi connectivity index (χ3v) is 5.87. The first-order valence-corrected chi connectivity index (χ1v) is 10.2. The van der Waals surface area contributed by atoms with Crippen molar-refractivity contribution in [2.24, 2.45) is 11.0 Å². The van der Waals surface area contributed by atoms with Crippen LogP contribution in [0, 0.1) is 5.92 Å². The van der Waals surface area contributed by atoms with Gasteiger partial charge in [0.25, 0.3) is 6.43 Å². The van der Waals surface area contributed by atoms with E-state index in [0.29, 0.717) is 5.71 Å². The van der Waals surface area contributed by atoms with Crippen molar-refractivity contribution in [3.63, 3.8) is 0 Å². The molecule has 1 heterocycles. The zero-order valence-corrected chi connectivity index (χ0v) is 17.6. The summed E-state index contributed by atoms with van der Waals surface area (Å²) in [6.45, 7) is 1.72. The van der Waals surface area contributed by atoms with E-state index in [9.17, 15) is 18.4 Å². The summed E-state index contributed by atoms with van der Waals surface area (Å²) in [5.41, 5.74) is 0.839. The number of carbonyl (C=O) groups is 2. The maximum atomic E-state index is 13.3. The third kappa shape index (κ3) is 4.15. The molecule has 1 aliphatic carbocycles. The molecule has 0 bridgehead atoms. The smallest absolute Gasteiger partial charge is 0.335 e. The molecule has 1 amide bonds. The molecule has 32 heavy (non-hydrogen) atoms. The van der Waals surface area contributed by atoms with Crippen molar-refractivity contribution in [3.05, 3.63) is 65.2 Å². The highest BCUT2D eigenvalue weighted by Crippen LogP contribution is 2.46. The van der Waals surface area contributed by atoms with Gasteiger partial charge in [0.15, 0.2) is 0 Å². The Morgan fingerprint density at radius 1 is 1.22 bits per heavy atom. The van der Waals surface area contributed by atoms with Crippen molar-refractivity contribution in [1.82, 2.24) is 10.3 Å². The molecule has 1 aliphatic heterocycles. The van der Waals surface area contributed by atoms with Crippen molar-refractivity contribution in [3.8, 4) is 5.75 Å². The van der Waals surface area contributed by atoms with Crippen LogP contribution in [0.3, 0.4) is 0 Å². The normalized spacial score (nSPS) is 21.3. The average Bonchev–Trinajstić information content (AvgIpc) is 3.47. The highest BCUT2D eigenvalue weighted by molar-refractivity contribution is 6.05. The molecular weight excluding hydrogens is 420 g/mol. The molecule has 9 heteroatoms. The number of ether oxygens (including phenoxy) is 1. The molecule has 168 valence electrons. The van der Waals surface area contributed by atoms with Crippen LogP contribution >= 0.6 is 0 Å². The summed E-state index contributed by atoms with van der Waals surface area (Å²) in [5, 5.41) is 18.0. The van der Waals surface area contributed by atoms with Gasteiger partial charge in [0.2, 0.25) is 12.1 Å². The molecule has 0 saturated heterocycles. The monoisotopic (exact) mass is 443 g/mol. The van der Waals surface area contributed by atoms with Gasteiger partial charge in [-0.3, -0.25) is 9.80 Å². The molecule has 2 aromatic carbocycles. The average molecular weight is 443 g/mol. The van der Waals surface area contributed by atoms with Crippen molar-refractivity contribution < 1.29 is 28.2 Å². The van der Waals surface area contributed by atoms with Gasteiger partial charge in [0.1, 0.15) is 11.7 Å². The van der Waals surface area contributed by atoms with Gasteiger partial charge in [-0.1, -0.05) is 24.3 Å². The summed E-state index contributed by atoms with van der Waals surface area (Å²) in [6.07, 6.45) is -1.95. The molecule has 7 nitrogen and oxygen atoms in total. The second kappa shape index (κ2) is 8.22. The molecule has 2 atom stereocenters. The summed E-state index contributed by atoms with van der Waals surface area (Å²) >= 11 is 0. The number of rotatable bonds is 7. The van der Waals surface area contributed by atoms with Crippen LogP contribution in [0.2, 0.25) is 0 Å². The molecule has 4 rings (SSSR count). The fraction of sp³-hybridized carbons (Fsp3) is 0.348. The lowest BCUT2D eigenvalue weighted by Gasteiger charge is -2.27. The van der Waals surface area contributed by atoms with Crippen LogP contribution in [0.25, 0.3) is 0 Å². The quantitative estimate of drug-likeness (QED) is 0.680. The molecule has 1 fully saturated rings. The molecule has 2 unspecified atom stereocenters. The standard InChI is InChI=1S/C23H23F2N3O4/c1-13-18(21(28(2)27-13)32-17-5-3-4-15(12-17)19(24)25)20(29)26-23(10-11-23)16-8-6-14(7-9-16)22(30)31/h3-9,12,18-19,21H,10-11H2,1-2H3,(H,26,29)(H,30,31). The van der Waals surface area contributed by atoms with E-state index in [-0.39, 0.29) is 22.8 Å². The van der Waals surface area contributed by atoms with Gasteiger partial charge in [-0.15, -0.1) is 0 Å². The van der Waals surface area contributed by atoms with Gasteiger partial charge in [-0.25, -0.2) is 13.6 Å². The van der Waals surface area contributed by atoms with Crippen LogP contribution in [0.1, 0.15) is 47.7 Å². The van der Waals surface area contributed by atoms with Crippen LogP contribution in [0.4, 0.5) is 8.78 Å². The minimum atomic E-state index is -2.63. The first kappa shape index (κ1) is 21.7.